The number of hydrogen-bond donors (Lipinski definition) is 3. The first kappa shape index (κ1) is 24.3. The third-order valence-electron chi connectivity index (χ3n) is 6.24. The van der Waals surface area contributed by atoms with Gasteiger partial charge in [0.2, 0.25) is 5.91 Å². The lowest BCUT2D eigenvalue weighted by molar-refractivity contribution is -0.126. The van der Waals surface area contributed by atoms with Crippen molar-refractivity contribution in [2.45, 2.75) is 45.2 Å². The molecular formula is C25H27FN8O3. The van der Waals surface area contributed by atoms with Crippen LogP contribution in [0, 0.1) is 5.82 Å². The molecule has 5 rings (SSSR count). The molecule has 1 aliphatic rings. The van der Waals surface area contributed by atoms with Crippen molar-refractivity contribution in [3.05, 3.63) is 53.6 Å². The number of likely N-dealkylation sites (tertiary alicyclic amines) is 1. The zero-order valence-corrected chi connectivity index (χ0v) is 20.9. The summed E-state index contributed by atoms with van der Waals surface area (Å²) in [5.74, 6) is -0.198. The van der Waals surface area contributed by atoms with Gasteiger partial charge in [-0.15, -0.1) is 0 Å². The highest BCUT2D eigenvalue weighted by molar-refractivity contribution is 6.00. The number of benzene rings is 1. The molecule has 3 N–H and O–H groups in total. The van der Waals surface area contributed by atoms with Crippen molar-refractivity contribution < 1.29 is 18.5 Å². The molecule has 1 fully saturated rings. The van der Waals surface area contributed by atoms with Gasteiger partial charge in [-0.25, -0.2) is 9.37 Å². The Kier molecular flexibility index (Phi) is 6.10. The summed E-state index contributed by atoms with van der Waals surface area (Å²) in [6.07, 6.45) is 1.99. The molecule has 1 saturated heterocycles. The summed E-state index contributed by atoms with van der Waals surface area (Å²) < 4.78 is 20.1. The van der Waals surface area contributed by atoms with Gasteiger partial charge in [-0.2, -0.15) is 10.1 Å². The number of carbonyl (C=O) groups excluding carboxylic acids is 2. The quantitative estimate of drug-likeness (QED) is 0.362. The Morgan fingerprint density at radius 1 is 1.30 bits per heavy atom. The Bertz CT molecular complexity index is 1490. The number of pyridine rings is 1. The number of nitrogens with zero attached hydrogens (tertiary/aromatic N) is 5. The number of nitrogens with one attached hydrogen (secondary N) is 3. The highest BCUT2D eigenvalue weighted by Gasteiger charge is 2.28. The molecule has 0 bridgehead atoms. The van der Waals surface area contributed by atoms with E-state index in [9.17, 15) is 9.59 Å². The standard InChI is InChI=1S/C25H27FN8O3/c1-25(2,3)24-30-23(37-33-24)22(36)28-11-14-6-5-13(9-17(14)26)16-7-8-27-20-19(16)21(32-31-20)29-15-10-18(35)34(4)12-15/h5-9,15H,10-12H2,1-4H3,(H,28,36)(H2,27,29,31,32)/t15-/m0/s1. The maximum absolute atomic E-state index is 15.1. The van der Waals surface area contributed by atoms with Crippen LogP contribution in [0.4, 0.5) is 10.2 Å². The summed E-state index contributed by atoms with van der Waals surface area (Å²) in [4.78, 5) is 34.5. The molecule has 0 saturated carbocycles. The third-order valence-corrected chi connectivity index (χ3v) is 6.24. The second-order valence-electron chi connectivity index (χ2n) is 10.1. The van der Waals surface area contributed by atoms with Crippen LogP contribution in [0.1, 0.15) is 49.3 Å². The maximum atomic E-state index is 15.1. The number of H-pyrrole nitrogens is 1. The minimum Gasteiger partial charge on any atom is -0.363 e. The Morgan fingerprint density at radius 2 is 2.11 bits per heavy atom. The van der Waals surface area contributed by atoms with E-state index in [1.807, 2.05) is 20.8 Å². The van der Waals surface area contributed by atoms with Gasteiger partial charge in [-0.3, -0.25) is 14.7 Å². The lowest BCUT2D eigenvalue weighted by Gasteiger charge is -2.13. The number of fused-ring (bicyclic) bond motifs is 1. The molecule has 37 heavy (non-hydrogen) atoms. The van der Waals surface area contributed by atoms with Gasteiger partial charge in [0, 0.05) is 43.7 Å². The van der Waals surface area contributed by atoms with Crippen molar-refractivity contribution in [3.63, 3.8) is 0 Å². The summed E-state index contributed by atoms with van der Waals surface area (Å²) >= 11 is 0. The molecule has 1 aromatic carbocycles. The Balaban J connectivity index is 1.34. The lowest BCUT2D eigenvalue weighted by atomic mass is 9.96. The number of hydrogen-bond acceptors (Lipinski definition) is 8. The van der Waals surface area contributed by atoms with Gasteiger partial charge < -0.3 is 20.1 Å². The first-order chi connectivity index (χ1) is 17.6. The highest BCUT2D eigenvalue weighted by atomic mass is 19.1. The Morgan fingerprint density at radius 3 is 2.78 bits per heavy atom. The minimum atomic E-state index is -0.576. The van der Waals surface area contributed by atoms with Gasteiger partial charge in [0.05, 0.1) is 11.4 Å². The van der Waals surface area contributed by atoms with Crippen LogP contribution >= 0.6 is 0 Å². The molecule has 4 aromatic rings. The van der Waals surface area contributed by atoms with Crippen molar-refractivity contribution in [2.24, 2.45) is 0 Å². The molecule has 2 amide bonds. The first-order valence-electron chi connectivity index (χ1n) is 11.8. The largest absolute Gasteiger partial charge is 0.363 e. The summed E-state index contributed by atoms with van der Waals surface area (Å²) in [6.45, 7) is 6.24. The maximum Gasteiger partial charge on any atom is 0.315 e. The van der Waals surface area contributed by atoms with Crippen molar-refractivity contribution in [1.29, 1.82) is 0 Å². The fourth-order valence-electron chi connectivity index (χ4n) is 4.18. The molecule has 0 aliphatic carbocycles. The van der Waals surface area contributed by atoms with Gasteiger partial charge in [-0.05, 0) is 23.3 Å². The minimum absolute atomic E-state index is 0.0499. The van der Waals surface area contributed by atoms with E-state index >= 15 is 4.39 Å². The first-order valence-corrected chi connectivity index (χ1v) is 11.8. The number of halogens is 1. The number of rotatable bonds is 6. The summed E-state index contributed by atoms with van der Waals surface area (Å²) in [5.41, 5.74) is 1.83. The number of anilines is 1. The molecule has 3 aromatic heterocycles. The van der Waals surface area contributed by atoms with E-state index in [1.165, 1.54) is 6.07 Å². The molecule has 1 aliphatic heterocycles. The van der Waals surface area contributed by atoms with Crippen LogP contribution in [0.25, 0.3) is 22.2 Å². The van der Waals surface area contributed by atoms with E-state index in [1.54, 1.807) is 36.3 Å². The number of aromatic nitrogens is 5. The molecule has 192 valence electrons. The van der Waals surface area contributed by atoms with Gasteiger partial charge in [0.25, 0.3) is 0 Å². The molecule has 0 unspecified atom stereocenters. The fraction of sp³-hybridized carbons (Fsp3) is 0.360. The normalized spacial score (nSPS) is 16.0. The molecular weight excluding hydrogens is 479 g/mol. The molecule has 0 spiro atoms. The van der Waals surface area contributed by atoms with E-state index in [-0.39, 0.29) is 29.8 Å². The molecule has 12 heteroatoms. The lowest BCUT2D eigenvalue weighted by Crippen LogP contribution is -2.24. The summed E-state index contributed by atoms with van der Waals surface area (Å²) in [6, 6.07) is 6.49. The topological polar surface area (TPSA) is 142 Å². The van der Waals surface area contributed by atoms with E-state index in [4.69, 9.17) is 4.52 Å². The zero-order valence-electron chi connectivity index (χ0n) is 20.9. The number of amides is 2. The van der Waals surface area contributed by atoms with Crippen LogP contribution in [0.5, 0.6) is 0 Å². The summed E-state index contributed by atoms with van der Waals surface area (Å²) in [7, 11) is 1.76. The molecule has 0 radical (unpaired) electrons. The molecule has 4 heterocycles. The average Bonchev–Trinajstić information content (AvgIpc) is 3.57. The second kappa shape index (κ2) is 9.26. The Labute approximate surface area is 211 Å². The Hall–Kier alpha value is -4.35. The SMILES string of the molecule is CN1C[C@@H](Nc2n[nH]c3nccc(-c4ccc(CNC(=O)c5nc(C(C)(C)C)no5)c(F)c4)c23)CC1=O. The van der Waals surface area contributed by atoms with Crippen LogP contribution in [0.3, 0.4) is 0 Å². The van der Waals surface area contributed by atoms with E-state index < -0.39 is 11.7 Å². The van der Waals surface area contributed by atoms with Crippen LogP contribution in [-0.4, -0.2) is 61.7 Å². The summed E-state index contributed by atoms with van der Waals surface area (Å²) in [5, 5.41) is 17.7. The van der Waals surface area contributed by atoms with Gasteiger partial charge >= 0.3 is 11.8 Å². The van der Waals surface area contributed by atoms with Crippen LogP contribution in [0.2, 0.25) is 0 Å². The van der Waals surface area contributed by atoms with E-state index in [2.05, 4.69) is 36.0 Å². The van der Waals surface area contributed by atoms with Crippen LogP contribution < -0.4 is 10.6 Å². The van der Waals surface area contributed by atoms with Gasteiger partial charge in [0.15, 0.2) is 17.3 Å². The van der Waals surface area contributed by atoms with Crippen molar-refractivity contribution in [2.75, 3.05) is 18.9 Å². The predicted octanol–water partition coefficient (Wildman–Crippen LogP) is 3.02. The van der Waals surface area contributed by atoms with Crippen LogP contribution in [-0.2, 0) is 16.8 Å². The second-order valence-corrected chi connectivity index (χ2v) is 10.1. The average molecular weight is 507 g/mol. The van der Waals surface area contributed by atoms with Crippen LogP contribution in [0.15, 0.2) is 35.0 Å². The van der Waals surface area contributed by atoms with E-state index in [0.717, 1.165) is 5.56 Å². The van der Waals surface area contributed by atoms with E-state index in [0.29, 0.717) is 46.8 Å². The number of aromatic amines is 1. The highest BCUT2D eigenvalue weighted by Crippen LogP contribution is 2.33. The monoisotopic (exact) mass is 506 g/mol. The molecule has 1 atom stereocenters. The van der Waals surface area contributed by atoms with Crippen molar-refractivity contribution in [3.8, 4) is 11.1 Å². The number of carbonyl (C=O) groups is 2. The molecule has 11 nitrogen and oxygen atoms in total. The fourth-order valence-corrected chi connectivity index (χ4v) is 4.18. The smallest absolute Gasteiger partial charge is 0.315 e. The zero-order chi connectivity index (χ0) is 26.3. The van der Waals surface area contributed by atoms with Gasteiger partial charge in [0.1, 0.15) is 5.82 Å². The number of likely N-dealkylation sites (N-methyl/N-ethyl adjacent to an activating group) is 1. The third kappa shape index (κ3) is 4.86. The van der Waals surface area contributed by atoms with Gasteiger partial charge in [-0.1, -0.05) is 38.1 Å². The van der Waals surface area contributed by atoms with Crippen molar-refractivity contribution in [1.82, 2.24) is 35.5 Å². The predicted molar refractivity (Wildman–Crippen MR) is 133 cm³/mol. The van der Waals surface area contributed by atoms with Crippen molar-refractivity contribution >= 4 is 28.7 Å².